The number of halogens is 2. The number of carbonyl (C=O) groups excluding carboxylic acids is 1. The van der Waals surface area contributed by atoms with Crippen LogP contribution in [0.25, 0.3) is 0 Å². The molecule has 0 aliphatic heterocycles. The molecule has 0 aliphatic rings. The summed E-state index contributed by atoms with van der Waals surface area (Å²) >= 11 is 5.65. The molecule has 1 aromatic carbocycles. The molecule has 3 nitrogen and oxygen atoms in total. The number of nitrogens with one attached hydrogen (secondary N) is 2. The fourth-order valence-corrected chi connectivity index (χ4v) is 2.25. The fraction of sp³-hybridized carbons (Fsp3) is 0.417. The summed E-state index contributed by atoms with van der Waals surface area (Å²) in [6, 6.07) is 5.97. The number of benzene rings is 1. The third-order valence-electron chi connectivity index (χ3n) is 2.25. The van der Waals surface area contributed by atoms with Crippen LogP contribution in [0.5, 0.6) is 0 Å². The molecule has 0 aromatic heterocycles. The Morgan fingerprint density at radius 1 is 1.53 bits per heavy atom. The lowest BCUT2D eigenvalue weighted by Gasteiger charge is -2.12. The van der Waals surface area contributed by atoms with Crippen molar-refractivity contribution in [3.8, 4) is 0 Å². The number of anilines is 1. The van der Waals surface area contributed by atoms with E-state index in [0.717, 1.165) is 20.3 Å². The first kappa shape index (κ1) is 14.9. The molecule has 0 bridgehead atoms. The van der Waals surface area contributed by atoms with Crippen molar-refractivity contribution in [2.45, 2.75) is 26.3 Å². The highest BCUT2D eigenvalue weighted by Crippen LogP contribution is 2.22. The SMILES string of the molecule is CCNC(C)CC(=O)Nc1ccc(Br)c(I)c1. The Labute approximate surface area is 124 Å². The van der Waals surface area contributed by atoms with E-state index < -0.39 is 0 Å². The largest absolute Gasteiger partial charge is 0.326 e. The summed E-state index contributed by atoms with van der Waals surface area (Å²) in [5.41, 5.74) is 0.839. The van der Waals surface area contributed by atoms with Crippen LogP contribution in [0, 0.1) is 3.57 Å². The van der Waals surface area contributed by atoms with E-state index >= 15 is 0 Å². The maximum Gasteiger partial charge on any atom is 0.225 e. The van der Waals surface area contributed by atoms with Crippen LogP contribution < -0.4 is 10.6 Å². The number of hydrogen-bond donors (Lipinski definition) is 2. The van der Waals surface area contributed by atoms with Crippen molar-refractivity contribution >= 4 is 50.1 Å². The van der Waals surface area contributed by atoms with Crippen molar-refractivity contribution in [2.75, 3.05) is 11.9 Å². The first-order valence-electron chi connectivity index (χ1n) is 5.51. The molecule has 1 atom stereocenters. The molecule has 2 N–H and O–H groups in total. The van der Waals surface area contributed by atoms with Gasteiger partial charge in [0.05, 0.1) is 0 Å². The van der Waals surface area contributed by atoms with E-state index in [4.69, 9.17) is 0 Å². The Bertz CT molecular complexity index is 398. The molecule has 1 unspecified atom stereocenters. The van der Waals surface area contributed by atoms with Crippen LogP contribution in [0.15, 0.2) is 22.7 Å². The molecule has 0 radical (unpaired) electrons. The summed E-state index contributed by atoms with van der Waals surface area (Å²) in [5, 5.41) is 6.11. The van der Waals surface area contributed by atoms with Gasteiger partial charge in [-0.1, -0.05) is 6.92 Å². The second kappa shape index (κ2) is 7.33. The van der Waals surface area contributed by atoms with Crippen molar-refractivity contribution in [3.05, 3.63) is 26.2 Å². The first-order valence-corrected chi connectivity index (χ1v) is 7.38. The summed E-state index contributed by atoms with van der Waals surface area (Å²) in [6.07, 6.45) is 0.487. The Morgan fingerprint density at radius 3 is 2.82 bits per heavy atom. The fourth-order valence-electron chi connectivity index (χ4n) is 1.48. The second-order valence-electron chi connectivity index (χ2n) is 3.84. The highest BCUT2D eigenvalue weighted by atomic mass is 127. The molecular formula is C12H16BrIN2O. The molecule has 17 heavy (non-hydrogen) atoms. The average Bonchev–Trinajstić information content (AvgIpc) is 2.23. The van der Waals surface area contributed by atoms with Crippen LogP contribution in [0.4, 0.5) is 5.69 Å². The predicted octanol–water partition coefficient (Wildman–Crippen LogP) is 3.38. The molecule has 0 saturated carbocycles. The summed E-state index contributed by atoms with van der Waals surface area (Å²) in [6.45, 7) is 4.92. The van der Waals surface area contributed by atoms with Crippen LogP contribution in [-0.2, 0) is 4.79 Å². The highest BCUT2D eigenvalue weighted by Gasteiger charge is 2.08. The van der Waals surface area contributed by atoms with Crippen LogP contribution in [0.1, 0.15) is 20.3 Å². The van der Waals surface area contributed by atoms with Gasteiger partial charge >= 0.3 is 0 Å². The Hall–Kier alpha value is -0.140. The van der Waals surface area contributed by atoms with Crippen LogP contribution in [-0.4, -0.2) is 18.5 Å². The quantitative estimate of drug-likeness (QED) is 0.730. The molecule has 5 heteroatoms. The maximum atomic E-state index is 11.7. The number of hydrogen-bond acceptors (Lipinski definition) is 2. The van der Waals surface area contributed by atoms with Gasteiger partial charge in [0.25, 0.3) is 0 Å². The van der Waals surface area contributed by atoms with Crippen molar-refractivity contribution < 1.29 is 4.79 Å². The molecule has 0 saturated heterocycles. The highest BCUT2D eigenvalue weighted by molar-refractivity contribution is 14.1. The summed E-state index contributed by atoms with van der Waals surface area (Å²) in [5.74, 6) is 0.0385. The zero-order chi connectivity index (χ0) is 12.8. The summed E-state index contributed by atoms with van der Waals surface area (Å²) in [4.78, 5) is 11.7. The lowest BCUT2D eigenvalue weighted by molar-refractivity contribution is -0.116. The van der Waals surface area contributed by atoms with E-state index in [1.807, 2.05) is 32.0 Å². The van der Waals surface area contributed by atoms with Gasteiger partial charge in [-0.3, -0.25) is 4.79 Å². The van der Waals surface area contributed by atoms with E-state index in [2.05, 4.69) is 49.2 Å². The molecule has 1 amide bonds. The van der Waals surface area contributed by atoms with E-state index in [9.17, 15) is 4.79 Å². The van der Waals surface area contributed by atoms with E-state index in [0.29, 0.717) is 6.42 Å². The molecule has 1 rings (SSSR count). The molecular weight excluding hydrogens is 395 g/mol. The van der Waals surface area contributed by atoms with Gasteiger partial charge in [-0.2, -0.15) is 0 Å². The zero-order valence-corrected chi connectivity index (χ0v) is 13.6. The summed E-state index contributed by atoms with van der Waals surface area (Å²) in [7, 11) is 0. The molecule has 0 heterocycles. The van der Waals surface area contributed by atoms with Crippen LogP contribution >= 0.6 is 38.5 Å². The van der Waals surface area contributed by atoms with Gasteiger partial charge in [0.2, 0.25) is 5.91 Å². The smallest absolute Gasteiger partial charge is 0.225 e. The van der Waals surface area contributed by atoms with Crippen LogP contribution in [0.2, 0.25) is 0 Å². The minimum atomic E-state index is 0.0385. The second-order valence-corrected chi connectivity index (χ2v) is 5.86. The van der Waals surface area contributed by atoms with E-state index in [-0.39, 0.29) is 11.9 Å². The van der Waals surface area contributed by atoms with Gasteiger partial charge in [-0.15, -0.1) is 0 Å². The van der Waals surface area contributed by atoms with E-state index in [1.165, 1.54) is 0 Å². The van der Waals surface area contributed by atoms with Gasteiger partial charge in [-0.05, 0) is 70.2 Å². The van der Waals surface area contributed by atoms with Crippen molar-refractivity contribution in [2.24, 2.45) is 0 Å². The topological polar surface area (TPSA) is 41.1 Å². The molecule has 1 aromatic rings. The number of rotatable bonds is 5. The molecule has 0 aliphatic carbocycles. The Morgan fingerprint density at radius 2 is 2.24 bits per heavy atom. The third kappa shape index (κ3) is 5.35. The molecule has 0 spiro atoms. The standard InChI is InChI=1S/C12H16BrIN2O/c1-3-15-8(2)6-12(17)16-9-4-5-10(13)11(14)7-9/h4-5,7-8,15H,3,6H2,1-2H3,(H,16,17). The van der Waals surface area contributed by atoms with Crippen molar-refractivity contribution in [3.63, 3.8) is 0 Å². The minimum Gasteiger partial charge on any atom is -0.326 e. The van der Waals surface area contributed by atoms with Crippen LogP contribution in [0.3, 0.4) is 0 Å². The lowest BCUT2D eigenvalue weighted by Crippen LogP contribution is -2.30. The minimum absolute atomic E-state index is 0.0385. The molecule has 94 valence electrons. The average molecular weight is 411 g/mol. The van der Waals surface area contributed by atoms with E-state index in [1.54, 1.807) is 0 Å². The van der Waals surface area contributed by atoms with Gasteiger partial charge in [0.15, 0.2) is 0 Å². The Kier molecular flexibility index (Phi) is 6.43. The third-order valence-corrected chi connectivity index (χ3v) is 4.57. The predicted molar refractivity (Wildman–Crippen MR) is 83.2 cm³/mol. The first-order chi connectivity index (χ1) is 8.02. The zero-order valence-electron chi connectivity index (χ0n) is 9.89. The monoisotopic (exact) mass is 410 g/mol. The Balaban J connectivity index is 2.53. The number of carbonyl (C=O) groups is 1. The molecule has 0 fully saturated rings. The van der Waals surface area contributed by atoms with Gasteiger partial charge in [0.1, 0.15) is 0 Å². The summed E-state index contributed by atoms with van der Waals surface area (Å²) < 4.78 is 2.12. The van der Waals surface area contributed by atoms with Gasteiger partial charge in [0, 0.05) is 26.2 Å². The number of amides is 1. The lowest BCUT2D eigenvalue weighted by atomic mass is 10.2. The van der Waals surface area contributed by atoms with Gasteiger partial charge in [-0.25, -0.2) is 0 Å². The van der Waals surface area contributed by atoms with Crippen molar-refractivity contribution in [1.82, 2.24) is 5.32 Å². The normalized spacial score (nSPS) is 12.2. The maximum absolute atomic E-state index is 11.7. The van der Waals surface area contributed by atoms with Crippen molar-refractivity contribution in [1.29, 1.82) is 0 Å². The van der Waals surface area contributed by atoms with Gasteiger partial charge < -0.3 is 10.6 Å².